The maximum atomic E-state index is 12.8. The van der Waals surface area contributed by atoms with Crippen LogP contribution < -0.4 is 10.6 Å². The molecule has 1 aromatic heterocycles. The summed E-state index contributed by atoms with van der Waals surface area (Å²) in [6, 6.07) is 13.8. The van der Waals surface area contributed by atoms with Gasteiger partial charge in [0.25, 0.3) is 5.91 Å². The van der Waals surface area contributed by atoms with Crippen LogP contribution in [0, 0.1) is 0 Å². The molecular formula is C21H19N3O. The number of anilines is 2. The minimum atomic E-state index is -0.0283. The van der Waals surface area contributed by atoms with Gasteiger partial charge in [-0.2, -0.15) is 0 Å². The van der Waals surface area contributed by atoms with Crippen molar-refractivity contribution in [3.05, 3.63) is 72.1 Å². The summed E-state index contributed by atoms with van der Waals surface area (Å²) >= 11 is 0. The molecule has 4 nitrogen and oxygen atoms in total. The van der Waals surface area contributed by atoms with Gasteiger partial charge >= 0.3 is 0 Å². The summed E-state index contributed by atoms with van der Waals surface area (Å²) < 4.78 is 0. The van der Waals surface area contributed by atoms with Crippen molar-refractivity contribution < 1.29 is 4.79 Å². The lowest BCUT2D eigenvalue weighted by molar-refractivity contribution is -0.114. The summed E-state index contributed by atoms with van der Waals surface area (Å²) in [5, 5.41) is 2.15. The average molecular weight is 329 g/mol. The molecule has 1 amide bonds. The summed E-state index contributed by atoms with van der Waals surface area (Å²) in [7, 11) is 0. The number of benzene rings is 2. The lowest BCUT2D eigenvalue weighted by atomic mass is 9.99. The van der Waals surface area contributed by atoms with E-state index in [9.17, 15) is 4.79 Å². The molecule has 1 aliphatic rings. The number of pyridine rings is 1. The van der Waals surface area contributed by atoms with Crippen LogP contribution in [0.4, 0.5) is 11.4 Å². The van der Waals surface area contributed by atoms with Gasteiger partial charge in [0.1, 0.15) is 0 Å². The Morgan fingerprint density at radius 2 is 2.00 bits per heavy atom. The lowest BCUT2D eigenvalue weighted by Gasteiger charge is -2.29. The van der Waals surface area contributed by atoms with E-state index in [1.165, 1.54) is 0 Å². The van der Waals surface area contributed by atoms with Crippen molar-refractivity contribution in [1.82, 2.24) is 4.98 Å². The Morgan fingerprint density at radius 3 is 2.92 bits per heavy atom. The van der Waals surface area contributed by atoms with E-state index in [0.29, 0.717) is 6.54 Å². The van der Waals surface area contributed by atoms with Gasteiger partial charge in [-0.3, -0.25) is 9.78 Å². The number of rotatable bonds is 2. The molecule has 0 atom stereocenters. The minimum Gasteiger partial charge on any atom is -0.398 e. The van der Waals surface area contributed by atoms with Crippen molar-refractivity contribution in [3.8, 4) is 0 Å². The van der Waals surface area contributed by atoms with Gasteiger partial charge in [0.15, 0.2) is 0 Å². The van der Waals surface area contributed by atoms with E-state index in [1.54, 1.807) is 12.3 Å². The number of hydrogen-bond donors (Lipinski definition) is 1. The van der Waals surface area contributed by atoms with Crippen LogP contribution in [0.2, 0.25) is 0 Å². The molecule has 1 aliphatic heterocycles. The molecule has 2 heterocycles. The van der Waals surface area contributed by atoms with Crippen molar-refractivity contribution in [2.75, 3.05) is 17.2 Å². The summed E-state index contributed by atoms with van der Waals surface area (Å²) in [6.45, 7) is 0.716. The number of hydrogen-bond acceptors (Lipinski definition) is 3. The highest BCUT2D eigenvalue weighted by Crippen LogP contribution is 2.31. The molecule has 0 fully saturated rings. The van der Waals surface area contributed by atoms with Crippen molar-refractivity contribution in [2.45, 2.75) is 12.8 Å². The smallest absolute Gasteiger partial charge is 0.250 e. The molecular weight excluding hydrogens is 310 g/mol. The van der Waals surface area contributed by atoms with E-state index in [-0.39, 0.29) is 5.91 Å². The van der Waals surface area contributed by atoms with Crippen LogP contribution in [0.15, 0.2) is 60.9 Å². The van der Waals surface area contributed by atoms with Crippen LogP contribution in [-0.4, -0.2) is 17.4 Å². The second kappa shape index (κ2) is 6.40. The predicted octanol–water partition coefficient (Wildman–Crippen LogP) is 3.81. The Labute approximate surface area is 146 Å². The van der Waals surface area contributed by atoms with Crippen LogP contribution in [0.3, 0.4) is 0 Å². The Bertz CT molecular complexity index is 973. The first-order chi connectivity index (χ1) is 12.2. The van der Waals surface area contributed by atoms with E-state index < -0.39 is 0 Å². The maximum Gasteiger partial charge on any atom is 0.250 e. The molecule has 0 aliphatic carbocycles. The molecule has 0 radical (unpaired) electrons. The lowest BCUT2D eigenvalue weighted by Crippen LogP contribution is -2.34. The number of carbonyl (C=O) groups is 1. The Kier molecular flexibility index (Phi) is 3.94. The van der Waals surface area contributed by atoms with Gasteiger partial charge in [-0.25, -0.2) is 0 Å². The number of fused-ring (bicyclic) bond motifs is 2. The monoisotopic (exact) mass is 329 g/mol. The molecule has 4 heteroatoms. The second-order valence-electron chi connectivity index (χ2n) is 6.22. The zero-order valence-electron chi connectivity index (χ0n) is 13.9. The predicted molar refractivity (Wildman–Crippen MR) is 102 cm³/mol. The van der Waals surface area contributed by atoms with Gasteiger partial charge in [-0.15, -0.1) is 0 Å². The Hall–Kier alpha value is -3.14. The first-order valence-electron chi connectivity index (χ1n) is 8.44. The van der Waals surface area contributed by atoms with Gasteiger partial charge in [0.05, 0.1) is 0 Å². The molecule has 0 unspecified atom stereocenters. The molecule has 0 saturated carbocycles. The first-order valence-corrected chi connectivity index (χ1v) is 8.44. The quantitative estimate of drug-likeness (QED) is 0.574. The number of nitrogen functional groups attached to an aromatic ring is 1. The molecule has 2 aromatic carbocycles. The third-order valence-corrected chi connectivity index (χ3v) is 4.66. The number of nitrogens with zero attached hydrogens (tertiary/aromatic N) is 2. The van der Waals surface area contributed by atoms with Crippen LogP contribution in [0.5, 0.6) is 0 Å². The fourth-order valence-electron chi connectivity index (χ4n) is 3.40. The molecule has 0 bridgehead atoms. The van der Waals surface area contributed by atoms with Crippen molar-refractivity contribution in [1.29, 1.82) is 0 Å². The van der Waals surface area contributed by atoms with Gasteiger partial charge in [0.2, 0.25) is 0 Å². The van der Waals surface area contributed by atoms with Gasteiger partial charge in [0, 0.05) is 47.3 Å². The maximum absolute atomic E-state index is 12.8. The summed E-state index contributed by atoms with van der Waals surface area (Å²) in [5.41, 5.74) is 9.77. The third kappa shape index (κ3) is 2.87. The molecule has 124 valence electrons. The molecule has 2 N–H and O–H groups in total. The molecule has 0 spiro atoms. The highest BCUT2D eigenvalue weighted by molar-refractivity contribution is 6.06. The van der Waals surface area contributed by atoms with E-state index in [4.69, 9.17) is 5.73 Å². The van der Waals surface area contributed by atoms with Crippen molar-refractivity contribution in [3.63, 3.8) is 0 Å². The fourth-order valence-corrected chi connectivity index (χ4v) is 3.40. The minimum absolute atomic E-state index is 0.0283. The summed E-state index contributed by atoms with van der Waals surface area (Å²) in [5.74, 6) is -0.0283. The van der Waals surface area contributed by atoms with Gasteiger partial charge in [-0.05, 0) is 42.0 Å². The van der Waals surface area contributed by atoms with Crippen LogP contribution in [0.25, 0.3) is 16.8 Å². The second-order valence-corrected chi connectivity index (χ2v) is 6.22. The third-order valence-electron chi connectivity index (χ3n) is 4.66. The van der Waals surface area contributed by atoms with Gasteiger partial charge in [-0.1, -0.05) is 30.3 Å². The molecule has 0 saturated heterocycles. The largest absolute Gasteiger partial charge is 0.398 e. The van der Waals surface area contributed by atoms with Crippen LogP contribution in [0.1, 0.15) is 17.5 Å². The van der Waals surface area contributed by atoms with E-state index in [2.05, 4.69) is 4.98 Å². The van der Waals surface area contributed by atoms with Crippen molar-refractivity contribution >= 4 is 34.1 Å². The first kappa shape index (κ1) is 15.4. The van der Waals surface area contributed by atoms with Crippen LogP contribution in [-0.2, 0) is 11.2 Å². The van der Waals surface area contributed by atoms with E-state index >= 15 is 0 Å². The normalized spacial score (nSPS) is 14.0. The zero-order chi connectivity index (χ0) is 17.2. The summed E-state index contributed by atoms with van der Waals surface area (Å²) in [4.78, 5) is 18.8. The topological polar surface area (TPSA) is 59.2 Å². The standard InChI is InChI=1S/C21H19N3O/c22-19-8-3-9-20-18(19)7-4-12-24(20)21(25)11-10-16-14-23-13-15-5-1-2-6-17(15)16/h1-3,5-6,8-11,13-14H,4,7,12,22H2. The Morgan fingerprint density at radius 1 is 1.12 bits per heavy atom. The highest BCUT2D eigenvalue weighted by Gasteiger charge is 2.22. The fraction of sp³-hybridized carbons (Fsp3) is 0.143. The zero-order valence-corrected chi connectivity index (χ0v) is 13.9. The molecule has 4 rings (SSSR count). The van der Waals surface area contributed by atoms with E-state index in [1.807, 2.05) is 59.6 Å². The number of amides is 1. The Balaban J connectivity index is 1.65. The SMILES string of the molecule is Nc1cccc2c1CCCN2C(=O)C=Cc1cncc2ccccc12. The van der Waals surface area contributed by atoms with E-state index in [0.717, 1.165) is 46.1 Å². The van der Waals surface area contributed by atoms with Crippen molar-refractivity contribution in [2.24, 2.45) is 0 Å². The summed E-state index contributed by atoms with van der Waals surface area (Å²) in [6.07, 6.45) is 8.94. The molecule has 3 aromatic rings. The highest BCUT2D eigenvalue weighted by atomic mass is 16.2. The number of aromatic nitrogens is 1. The van der Waals surface area contributed by atoms with Gasteiger partial charge < -0.3 is 10.6 Å². The molecule has 25 heavy (non-hydrogen) atoms. The number of nitrogens with two attached hydrogens (primary N) is 1. The average Bonchev–Trinajstić information content (AvgIpc) is 2.66. The van der Waals surface area contributed by atoms with Crippen LogP contribution >= 0.6 is 0 Å². The number of carbonyl (C=O) groups excluding carboxylic acids is 1.